The third kappa shape index (κ3) is 5.13. The van der Waals surface area contributed by atoms with Gasteiger partial charge in [0.25, 0.3) is 0 Å². The second-order valence-electron chi connectivity index (χ2n) is 6.77. The van der Waals surface area contributed by atoms with Crippen molar-refractivity contribution >= 4 is 15.9 Å². The van der Waals surface area contributed by atoms with Gasteiger partial charge in [0.05, 0.1) is 12.0 Å². The van der Waals surface area contributed by atoms with Crippen molar-refractivity contribution in [2.75, 3.05) is 33.3 Å². The Kier molecular flexibility index (Phi) is 6.86. The molecule has 0 saturated carbocycles. The Morgan fingerprint density at radius 3 is 2.45 bits per heavy atom. The van der Waals surface area contributed by atoms with Crippen LogP contribution in [0.15, 0.2) is 33.7 Å². The number of benzene rings is 1. The van der Waals surface area contributed by atoms with Crippen molar-refractivity contribution in [3.8, 4) is 5.75 Å². The van der Waals surface area contributed by atoms with Gasteiger partial charge in [0.15, 0.2) is 5.82 Å². The Morgan fingerprint density at radius 2 is 1.86 bits per heavy atom. The lowest BCUT2D eigenvalue weighted by atomic mass is 10.2. The molecular weight excluding hydrogens is 396 g/mol. The minimum Gasteiger partial charge on any atom is -0.497 e. The first kappa shape index (κ1) is 21.3. The molecule has 2 aromatic rings. The van der Waals surface area contributed by atoms with Gasteiger partial charge in [-0.15, -0.1) is 0 Å². The van der Waals surface area contributed by atoms with E-state index in [1.54, 1.807) is 17.0 Å². The van der Waals surface area contributed by atoms with Crippen molar-refractivity contribution in [2.24, 2.45) is 0 Å². The van der Waals surface area contributed by atoms with Gasteiger partial charge < -0.3 is 14.2 Å². The quantitative estimate of drug-likeness (QED) is 0.635. The number of carbonyl (C=O) groups is 1. The SMILES string of the molecule is CCc1noc(CCCC(=O)N2CCN(S(=O)(=O)c3ccc(OC)cc3)CC2)n1. The predicted octanol–water partition coefficient (Wildman–Crippen LogP) is 1.50. The van der Waals surface area contributed by atoms with E-state index in [0.29, 0.717) is 56.2 Å². The molecular formula is C19H26N4O5S. The molecule has 1 amide bonds. The highest BCUT2D eigenvalue weighted by atomic mass is 32.2. The van der Waals surface area contributed by atoms with Crippen LogP contribution in [-0.2, 0) is 27.7 Å². The van der Waals surface area contributed by atoms with Crippen molar-refractivity contribution in [3.05, 3.63) is 36.0 Å². The molecule has 0 atom stereocenters. The highest BCUT2D eigenvalue weighted by Crippen LogP contribution is 2.21. The summed E-state index contributed by atoms with van der Waals surface area (Å²) in [5.74, 6) is 1.83. The Labute approximate surface area is 170 Å². The van der Waals surface area contributed by atoms with Gasteiger partial charge in [-0.25, -0.2) is 8.42 Å². The molecule has 1 aliphatic heterocycles. The van der Waals surface area contributed by atoms with E-state index in [1.165, 1.54) is 23.5 Å². The molecule has 0 bridgehead atoms. The van der Waals surface area contributed by atoms with Crippen LogP contribution in [0.5, 0.6) is 5.75 Å². The first-order valence-electron chi connectivity index (χ1n) is 9.67. The molecule has 0 unspecified atom stereocenters. The van der Waals surface area contributed by atoms with Gasteiger partial charge in [-0.2, -0.15) is 9.29 Å². The summed E-state index contributed by atoms with van der Waals surface area (Å²) in [6.45, 7) is 3.28. The second-order valence-corrected chi connectivity index (χ2v) is 8.71. The van der Waals surface area contributed by atoms with E-state index in [0.717, 1.165) is 0 Å². The lowest BCUT2D eigenvalue weighted by Crippen LogP contribution is -2.50. The average molecular weight is 423 g/mol. The molecule has 0 N–H and O–H groups in total. The smallest absolute Gasteiger partial charge is 0.243 e. The zero-order chi connectivity index (χ0) is 20.9. The highest BCUT2D eigenvalue weighted by Gasteiger charge is 2.30. The molecule has 1 aliphatic rings. The zero-order valence-corrected chi connectivity index (χ0v) is 17.5. The number of aromatic nitrogens is 2. The lowest BCUT2D eigenvalue weighted by molar-refractivity contribution is -0.132. The van der Waals surface area contributed by atoms with Crippen LogP contribution in [0.25, 0.3) is 0 Å². The van der Waals surface area contributed by atoms with Crippen molar-refractivity contribution in [1.82, 2.24) is 19.3 Å². The van der Waals surface area contributed by atoms with Crippen LogP contribution in [-0.4, -0.2) is 67.0 Å². The number of aryl methyl sites for hydroxylation is 2. The molecule has 1 aromatic heterocycles. The number of hydrogen-bond acceptors (Lipinski definition) is 7. The molecule has 10 heteroatoms. The fourth-order valence-corrected chi connectivity index (χ4v) is 4.58. The van der Waals surface area contributed by atoms with Gasteiger partial charge in [-0.1, -0.05) is 12.1 Å². The van der Waals surface area contributed by atoms with E-state index >= 15 is 0 Å². The van der Waals surface area contributed by atoms with Crippen molar-refractivity contribution in [3.63, 3.8) is 0 Å². The number of piperazine rings is 1. The first-order chi connectivity index (χ1) is 13.9. The third-order valence-electron chi connectivity index (χ3n) is 4.90. The van der Waals surface area contributed by atoms with E-state index < -0.39 is 10.0 Å². The van der Waals surface area contributed by atoms with Crippen molar-refractivity contribution in [1.29, 1.82) is 0 Å². The largest absolute Gasteiger partial charge is 0.497 e. The highest BCUT2D eigenvalue weighted by molar-refractivity contribution is 7.89. The molecule has 29 heavy (non-hydrogen) atoms. The van der Waals surface area contributed by atoms with Crippen LogP contribution in [0.2, 0.25) is 0 Å². The number of nitrogens with zero attached hydrogens (tertiary/aromatic N) is 4. The predicted molar refractivity (Wildman–Crippen MR) is 105 cm³/mol. The van der Waals surface area contributed by atoms with Gasteiger partial charge >= 0.3 is 0 Å². The van der Waals surface area contributed by atoms with Crippen molar-refractivity contribution < 1.29 is 22.5 Å². The first-order valence-corrected chi connectivity index (χ1v) is 11.1. The maximum Gasteiger partial charge on any atom is 0.243 e. The number of methoxy groups -OCH3 is 1. The standard InChI is InChI=1S/C19H26N4O5S/c1-3-17-20-18(28-21-17)5-4-6-19(24)22-11-13-23(14-12-22)29(25,26)16-9-7-15(27-2)8-10-16/h7-10H,3-6,11-14H2,1-2H3. The molecule has 1 aromatic carbocycles. The molecule has 1 saturated heterocycles. The summed E-state index contributed by atoms with van der Waals surface area (Å²) in [7, 11) is -2.05. The molecule has 2 heterocycles. The molecule has 0 spiro atoms. The van der Waals surface area contributed by atoms with Crippen molar-refractivity contribution in [2.45, 2.75) is 37.5 Å². The number of amides is 1. The summed E-state index contributed by atoms with van der Waals surface area (Å²) in [5.41, 5.74) is 0. The minimum absolute atomic E-state index is 0.0155. The maximum absolute atomic E-state index is 12.8. The summed E-state index contributed by atoms with van der Waals surface area (Å²) in [6.07, 6.45) is 2.26. The van der Waals surface area contributed by atoms with Gasteiger partial charge in [-0.05, 0) is 30.7 Å². The maximum atomic E-state index is 12.8. The lowest BCUT2D eigenvalue weighted by Gasteiger charge is -2.34. The number of sulfonamides is 1. The summed E-state index contributed by atoms with van der Waals surface area (Å²) in [5, 5.41) is 3.84. The number of hydrogen-bond donors (Lipinski definition) is 0. The molecule has 0 aliphatic carbocycles. The van der Waals surface area contributed by atoms with E-state index in [-0.39, 0.29) is 23.9 Å². The van der Waals surface area contributed by atoms with Crippen LogP contribution in [0.3, 0.4) is 0 Å². The number of ether oxygens (including phenoxy) is 1. The van der Waals surface area contributed by atoms with E-state index in [9.17, 15) is 13.2 Å². The molecule has 0 radical (unpaired) electrons. The molecule has 3 rings (SSSR count). The van der Waals surface area contributed by atoms with Crippen LogP contribution in [0, 0.1) is 0 Å². The second kappa shape index (κ2) is 9.36. The summed E-state index contributed by atoms with van der Waals surface area (Å²) >= 11 is 0. The van der Waals surface area contributed by atoms with E-state index in [4.69, 9.17) is 9.26 Å². The minimum atomic E-state index is -3.58. The number of carbonyl (C=O) groups excluding carboxylic acids is 1. The molecule has 9 nitrogen and oxygen atoms in total. The van der Waals surface area contributed by atoms with Crippen LogP contribution < -0.4 is 4.74 Å². The van der Waals surface area contributed by atoms with Crippen LogP contribution >= 0.6 is 0 Å². The fraction of sp³-hybridized carbons (Fsp3) is 0.526. The monoisotopic (exact) mass is 422 g/mol. The Bertz CT molecular complexity index is 918. The van der Waals surface area contributed by atoms with Crippen LogP contribution in [0.1, 0.15) is 31.5 Å². The average Bonchev–Trinajstić information content (AvgIpc) is 3.22. The number of rotatable bonds is 8. The summed E-state index contributed by atoms with van der Waals surface area (Å²) in [4.78, 5) is 18.6. The molecule has 158 valence electrons. The normalized spacial score (nSPS) is 15.4. The Hall–Kier alpha value is -2.46. The van der Waals surface area contributed by atoms with Gasteiger partial charge in [0.1, 0.15) is 5.75 Å². The van der Waals surface area contributed by atoms with E-state index in [1.807, 2.05) is 6.92 Å². The summed E-state index contributed by atoms with van der Waals surface area (Å²) in [6, 6.07) is 6.32. The summed E-state index contributed by atoms with van der Waals surface area (Å²) < 4.78 is 37.2. The van der Waals surface area contributed by atoms with Gasteiger partial charge in [0.2, 0.25) is 21.8 Å². The Morgan fingerprint density at radius 1 is 1.17 bits per heavy atom. The fourth-order valence-electron chi connectivity index (χ4n) is 3.16. The van der Waals surface area contributed by atoms with E-state index in [2.05, 4.69) is 10.1 Å². The topological polar surface area (TPSA) is 106 Å². The third-order valence-corrected chi connectivity index (χ3v) is 6.81. The van der Waals surface area contributed by atoms with Crippen LogP contribution in [0.4, 0.5) is 0 Å². The molecule has 1 fully saturated rings. The Balaban J connectivity index is 1.48. The van der Waals surface area contributed by atoms with Gasteiger partial charge in [0, 0.05) is 45.4 Å². The van der Waals surface area contributed by atoms with Gasteiger partial charge in [-0.3, -0.25) is 4.79 Å². The zero-order valence-electron chi connectivity index (χ0n) is 16.7.